The Labute approximate surface area is 105 Å². The van der Waals surface area contributed by atoms with Gasteiger partial charge in [-0.05, 0) is 18.2 Å². The van der Waals surface area contributed by atoms with Crippen LogP contribution in [0.3, 0.4) is 0 Å². The Hall–Kier alpha value is 0.910. The van der Waals surface area contributed by atoms with Crippen LogP contribution >= 0.6 is 23.2 Å². The number of hydrogen-bond donors (Lipinski definition) is 1. The predicted molar refractivity (Wildman–Crippen MR) is 52.6 cm³/mol. The van der Waals surface area contributed by atoms with Crippen molar-refractivity contribution in [2.75, 3.05) is 0 Å². The van der Waals surface area contributed by atoms with E-state index in [1.54, 1.807) is 0 Å². The summed E-state index contributed by atoms with van der Waals surface area (Å²) >= 11 is 9.11. The second-order valence-corrected chi connectivity index (χ2v) is 3.70. The topological polar surface area (TPSA) is 37.3 Å². The molecule has 0 radical (unpaired) electrons. The average molecular weight is 235 g/mol. The summed E-state index contributed by atoms with van der Waals surface area (Å²) in [7, 11) is 0. The quantitative estimate of drug-likeness (QED) is 0.596. The van der Waals surface area contributed by atoms with Crippen LogP contribution < -0.4 is 0 Å². The van der Waals surface area contributed by atoms with E-state index in [9.17, 15) is 4.21 Å². The molecule has 0 heterocycles. The summed E-state index contributed by atoms with van der Waals surface area (Å²) in [5.74, 6) is 0. The Morgan fingerprint density at radius 3 is 1.92 bits per heavy atom. The Balaban J connectivity index is 0.00000121. The molecule has 0 spiro atoms. The van der Waals surface area contributed by atoms with Crippen LogP contribution in [0.4, 0.5) is 0 Å². The van der Waals surface area contributed by atoms with Gasteiger partial charge in [-0.15, -0.1) is 0 Å². The van der Waals surface area contributed by atoms with Gasteiger partial charge < -0.3 is 4.55 Å². The summed E-state index contributed by atoms with van der Waals surface area (Å²) in [5.41, 5.74) is 0. The molecule has 0 amide bonds. The first kappa shape index (κ1) is 12.9. The molecule has 0 aliphatic heterocycles. The predicted octanol–water partition coefficient (Wildman–Crippen LogP) is 1.93. The molecular formula is C6H5Cl2NaO2S. The van der Waals surface area contributed by atoms with Gasteiger partial charge in [0, 0.05) is 10.0 Å². The van der Waals surface area contributed by atoms with Gasteiger partial charge in [0.2, 0.25) is 0 Å². The van der Waals surface area contributed by atoms with Crippen molar-refractivity contribution in [3.63, 3.8) is 0 Å². The van der Waals surface area contributed by atoms with Crippen LogP contribution in [0.5, 0.6) is 0 Å². The molecule has 1 atom stereocenters. The van der Waals surface area contributed by atoms with Gasteiger partial charge in [-0.3, -0.25) is 0 Å². The molecule has 2 nitrogen and oxygen atoms in total. The van der Waals surface area contributed by atoms with E-state index in [0.717, 1.165) is 0 Å². The molecule has 0 fully saturated rings. The van der Waals surface area contributed by atoms with Crippen molar-refractivity contribution in [1.82, 2.24) is 0 Å². The van der Waals surface area contributed by atoms with E-state index in [1.165, 1.54) is 18.2 Å². The van der Waals surface area contributed by atoms with E-state index in [-0.39, 0.29) is 34.5 Å². The first-order chi connectivity index (χ1) is 5.09. The van der Waals surface area contributed by atoms with E-state index in [0.29, 0.717) is 10.0 Å². The summed E-state index contributed by atoms with van der Waals surface area (Å²) in [6, 6.07) is 4.28. The maximum absolute atomic E-state index is 10.5. The number of benzene rings is 1. The third kappa shape index (κ3) is 3.75. The standard InChI is InChI=1S/C6H4Cl2O2S.Na.H/c7-4-1-5(8)3-6(2-4)11(9)10;;/h1-3H,(H,9,10);;. The third-order valence-electron chi connectivity index (χ3n) is 1.04. The molecule has 62 valence electrons. The van der Waals surface area contributed by atoms with Crippen LogP contribution in [-0.2, 0) is 11.1 Å². The fourth-order valence-corrected chi connectivity index (χ4v) is 1.74. The molecule has 12 heavy (non-hydrogen) atoms. The minimum atomic E-state index is -2.02. The fraction of sp³-hybridized carbons (Fsp3) is 0. The van der Waals surface area contributed by atoms with Gasteiger partial charge >= 0.3 is 29.6 Å². The molecule has 0 aliphatic rings. The van der Waals surface area contributed by atoms with E-state index in [2.05, 4.69) is 0 Å². The molecule has 0 saturated carbocycles. The number of hydrogen-bond acceptors (Lipinski definition) is 1. The van der Waals surface area contributed by atoms with Crippen LogP contribution in [-0.4, -0.2) is 38.3 Å². The molecule has 0 aliphatic carbocycles. The fourth-order valence-electron chi connectivity index (χ4n) is 0.629. The SMILES string of the molecule is O=S(O)c1cc(Cl)cc(Cl)c1.[NaH]. The second kappa shape index (κ2) is 5.60. The van der Waals surface area contributed by atoms with Gasteiger partial charge in [-0.1, -0.05) is 23.2 Å². The normalized spacial score (nSPS) is 11.9. The van der Waals surface area contributed by atoms with E-state index in [1.807, 2.05) is 0 Å². The van der Waals surface area contributed by atoms with Gasteiger partial charge in [0.15, 0.2) is 11.1 Å². The van der Waals surface area contributed by atoms with Crippen molar-refractivity contribution in [2.24, 2.45) is 0 Å². The van der Waals surface area contributed by atoms with Gasteiger partial charge in [-0.2, -0.15) is 0 Å². The van der Waals surface area contributed by atoms with Crippen molar-refractivity contribution in [2.45, 2.75) is 4.90 Å². The van der Waals surface area contributed by atoms with Crippen LogP contribution in [0, 0.1) is 0 Å². The van der Waals surface area contributed by atoms with Crippen molar-refractivity contribution < 1.29 is 8.76 Å². The van der Waals surface area contributed by atoms with Crippen LogP contribution in [0.15, 0.2) is 23.1 Å². The van der Waals surface area contributed by atoms with Crippen LogP contribution in [0.1, 0.15) is 0 Å². The second-order valence-electron chi connectivity index (χ2n) is 1.85. The monoisotopic (exact) mass is 234 g/mol. The maximum atomic E-state index is 10.5. The Kier molecular flexibility index (Phi) is 6.03. The van der Waals surface area contributed by atoms with Gasteiger partial charge in [0.1, 0.15) is 0 Å². The van der Waals surface area contributed by atoms with Crippen molar-refractivity contribution in [3.8, 4) is 0 Å². The zero-order valence-corrected chi connectivity index (χ0v) is 7.58. The van der Waals surface area contributed by atoms with Crippen molar-refractivity contribution in [3.05, 3.63) is 28.2 Å². The summed E-state index contributed by atoms with van der Waals surface area (Å²) in [6.07, 6.45) is 0. The molecule has 1 N–H and O–H groups in total. The molecule has 1 rings (SSSR count). The zero-order valence-electron chi connectivity index (χ0n) is 5.25. The molecule has 0 bridgehead atoms. The summed E-state index contributed by atoms with van der Waals surface area (Å²) in [6.45, 7) is 0. The Morgan fingerprint density at radius 2 is 1.58 bits per heavy atom. The van der Waals surface area contributed by atoms with E-state index < -0.39 is 11.1 Å². The molecule has 1 aromatic rings. The average Bonchev–Trinajstić information content (AvgIpc) is 1.85. The summed E-state index contributed by atoms with van der Waals surface area (Å²) in [5, 5.41) is 0.713. The van der Waals surface area contributed by atoms with Crippen LogP contribution in [0.2, 0.25) is 10.0 Å². The van der Waals surface area contributed by atoms with E-state index in [4.69, 9.17) is 27.8 Å². The molecule has 1 aromatic carbocycles. The van der Waals surface area contributed by atoms with Crippen molar-refractivity contribution >= 4 is 63.8 Å². The summed E-state index contributed by atoms with van der Waals surface area (Å²) < 4.78 is 19.1. The van der Waals surface area contributed by atoms with Crippen LogP contribution in [0.25, 0.3) is 0 Å². The Bertz CT molecular complexity index is 285. The van der Waals surface area contributed by atoms with Crippen molar-refractivity contribution in [1.29, 1.82) is 0 Å². The first-order valence-corrected chi connectivity index (χ1v) is 4.53. The Morgan fingerprint density at radius 1 is 1.17 bits per heavy atom. The van der Waals surface area contributed by atoms with Gasteiger partial charge in [0.05, 0.1) is 4.90 Å². The van der Waals surface area contributed by atoms with Gasteiger partial charge in [-0.25, -0.2) is 4.21 Å². The zero-order chi connectivity index (χ0) is 8.43. The third-order valence-corrected chi connectivity index (χ3v) is 2.11. The van der Waals surface area contributed by atoms with E-state index >= 15 is 0 Å². The molecule has 1 unspecified atom stereocenters. The minimum absolute atomic E-state index is 0. The summed E-state index contributed by atoms with van der Waals surface area (Å²) in [4.78, 5) is 0.211. The molecule has 6 heteroatoms. The molecule has 0 aromatic heterocycles. The molecular weight excluding hydrogens is 230 g/mol. The molecule has 0 saturated heterocycles. The first-order valence-electron chi connectivity index (χ1n) is 2.66. The number of halogens is 2. The number of rotatable bonds is 1. The van der Waals surface area contributed by atoms with Gasteiger partial charge in [0.25, 0.3) is 0 Å².